The Labute approximate surface area is 228 Å². The number of nitrogens with one attached hydrogen (secondary N) is 1. The summed E-state index contributed by atoms with van der Waals surface area (Å²) in [5, 5.41) is 3.52. The lowest BCUT2D eigenvalue weighted by Crippen LogP contribution is -2.12. The predicted octanol–water partition coefficient (Wildman–Crippen LogP) is 7.54. The first-order valence-electron chi connectivity index (χ1n) is 13.0. The standard InChI is InChI=1S/C33H28N6/c1-23-10-6-7-13-27(23)30-22-31(38-33(37-30)36-24(2)25-11-4-3-5-12-25)39-21-20-35-32(39)29-15-9-8-14-28(29)26-16-18-34-19-17-26/h3-22,24H,1-2H3,(H,36,37,38)/t24-/m0/s1. The summed E-state index contributed by atoms with van der Waals surface area (Å²) >= 11 is 0. The van der Waals surface area contributed by atoms with Crippen LogP contribution in [0.4, 0.5) is 5.95 Å². The van der Waals surface area contributed by atoms with Crippen LogP contribution >= 0.6 is 0 Å². The van der Waals surface area contributed by atoms with Crippen molar-refractivity contribution in [1.29, 1.82) is 0 Å². The molecule has 0 aliphatic rings. The van der Waals surface area contributed by atoms with E-state index in [-0.39, 0.29) is 6.04 Å². The van der Waals surface area contributed by atoms with E-state index in [1.807, 2.05) is 90.0 Å². The van der Waals surface area contributed by atoms with E-state index in [0.29, 0.717) is 5.95 Å². The minimum absolute atomic E-state index is 0.0286. The molecule has 0 fully saturated rings. The van der Waals surface area contributed by atoms with Crippen molar-refractivity contribution in [2.24, 2.45) is 0 Å². The van der Waals surface area contributed by atoms with Gasteiger partial charge in [-0.2, -0.15) is 4.98 Å². The van der Waals surface area contributed by atoms with Crippen molar-refractivity contribution in [2.45, 2.75) is 19.9 Å². The molecule has 0 radical (unpaired) electrons. The molecule has 3 aromatic heterocycles. The van der Waals surface area contributed by atoms with E-state index in [0.717, 1.165) is 45.2 Å². The van der Waals surface area contributed by atoms with Crippen LogP contribution in [-0.4, -0.2) is 24.5 Å². The summed E-state index contributed by atoms with van der Waals surface area (Å²) in [7, 11) is 0. The molecule has 1 N–H and O–H groups in total. The molecule has 0 saturated heterocycles. The minimum atomic E-state index is 0.0286. The van der Waals surface area contributed by atoms with E-state index in [2.05, 4.69) is 60.5 Å². The molecular formula is C33H28N6. The number of benzene rings is 3. The van der Waals surface area contributed by atoms with Crippen molar-refractivity contribution in [2.75, 3.05) is 5.32 Å². The molecule has 190 valence electrons. The van der Waals surface area contributed by atoms with Gasteiger partial charge in [0.1, 0.15) is 11.6 Å². The molecule has 6 rings (SSSR count). The topological polar surface area (TPSA) is 68.5 Å². The zero-order chi connectivity index (χ0) is 26.6. The van der Waals surface area contributed by atoms with Gasteiger partial charge < -0.3 is 5.32 Å². The normalized spacial score (nSPS) is 11.7. The van der Waals surface area contributed by atoms with E-state index < -0.39 is 0 Å². The zero-order valence-electron chi connectivity index (χ0n) is 21.9. The second-order valence-electron chi connectivity index (χ2n) is 9.43. The highest BCUT2D eigenvalue weighted by atomic mass is 15.2. The summed E-state index contributed by atoms with van der Waals surface area (Å²) in [6, 6.07) is 33.0. The molecule has 3 heterocycles. The number of anilines is 1. The van der Waals surface area contributed by atoms with Crippen molar-refractivity contribution < 1.29 is 0 Å². The van der Waals surface area contributed by atoms with Gasteiger partial charge in [-0.25, -0.2) is 9.97 Å². The lowest BCUT2D eigenvalue weighted by atomic mass is 10.00. The third kappa shape index (κ3) is 5.05. The number of hydrogen-bond donors (Lipinski definition) is 1. The number of aromatic nitrogens is 5. The number of aryl methyl sites for hydroxylation is 1. The predicted molar refractivity (Wildman–Crippen MR) is 156 cm³/mol. The summed E-state index contributed by atoms with van der Waals surface area (Å²) in [4.78, 5) is 18.9. The fourth-order valence-corrected chi connectivity index (χ4v) is 4.79. The first-order chi connectivity index (χ1) is 19.2. The number of nitrogens with zero attached hydrogens (tertiary/aromatic N) is 5. The molecule has 39 heavy (non-hydrogen) atoms. The lowest BCUT2D eigenvalue weighted by molar-refractivity contribution is 0.854. The number of rotatable bonds is 7. The first-order valence-corrected chi connectivity index (χ1v) is 13.0. The molecule has 0 aliphatic heterocycles. The molecule has 3 aromatic carbocycles. The van der Waals surface area contributed by atoms with Gasteiger partial charge in [-0.05, 0) is 48.2 Å². The third-order valence-electron chi connectivity index (χ3n) is 6.83. The molecule has 0 unspecified atom stereocenters. The fourth-order valence-electron chi connectivity index (χ4n) is 4.79. The largest absolute Gasteiger partial charge is 0.348 e. The Balaban J connectivity index is 1.48. The Morgan fingerprint density at radius 2 is 1.41 bits per heavy atom. The van der Waals surface area contributed by atoms with Gasteiger partial charge in [0.15, 0.2) is 0 Å². The van der Waals surface area contributed by atoms with Crippen LogP contribution in [0.2, 0.25) is 0 Å². The molecule has 0 aliphatic carbocycles. The maximum Gasteiger partial charge on any atom is 0.225 e. The van der Waals surface area contributed by atoms with Gasteiger partial charge in [-0.1, -0.05) is 78.9 Å². The average Bonchev–Trinajstić information content (AvgIpc) is 3.48. The van der Waals surface area contributed by atoms with Crippen LogP contribution in [-0.2, 0) is 0 Å². The third-order valence-corrected chi connectivity index (χ3v) is 6.83. The van der Waals surface area contributed by atoms with Gasteiger partial charge >= 0.3 is 0 Å². The van der Waals surface area contributed by atoms with Gasteiger partial charge in [-0.15, -0.1) is 0 Å². The monoisotopic (exact) mass is 508 g/mol. The lowest BCUT2D eigenvalue weighted by Gasteiger charge is -2.17. The molecule has 0 bridgehead atoms. The van der Waals surface area contributed by atoms with Crippen molar-refractivity contribution in [1.82, 2.24) is 24.5 Å². The molecule has 0 amide bonds. The Morgan fingerprint density at radius 1 is 0.718 bits per heavy atom. The van der Waals surface area contributed by atoms with E-state index in [9.17, 15) is 0 Å². The second kappa shape index (κ2) is 10.7. The molecule has 0 spiro atoms. The van der Waals surface area contributed by atoms with Gasteiger partial charge in [0.05, 0.1) is 11.7 Å². The molecule has 6 nitrogen and oxygen atoms in total. The highest BCUT2D eigenvalue weighted by molar-refractivity contribution is 5.81. The number of hydrogen-bond acceptors (Lipinski definition) is 5. The smallest absolute Gasteiger partial charge is 0.225 e. The van der Waals surface area contributed by atoms with Crippen molar-refractivity contribution >= 4 is 5.95 Å². The summed E-state index contributed by atoms with van der Waals surface area (Å²) in [6.07, 6.45) is 7.38. The van der Waals surface area contributed by atoms with E-state index in [1.54, 1.807) is 0 Å². The molecule has 1 atom stereocenters. The maximum atomic E-state index is 4.98. The summed E-state index contributed by atoms with van der Waals surface area (Å²) in [5.74, 6) is 2.10. The summed E-state index contributed by atoms with van der Waals surface area (Å²) in [5.41, 5.74) is 7.40. The van der Waals surface area contributed by atoms with E-state index >= 15 is 0 Å². The van der Waals surface area contributed by atoms with Gasteiger partial charge in [0.25, 0.3) is 0 Å². The maximum absolute atomic E-state index is 4.98. The van der Waals surface area contributed by atoms with Crippen LogP contribution < -0.4 is 5.32 Å². The Hall–Kier alpha value is -5.10. The Kier molecular flexibility index (Phi) is 6.66. The second-order valence-corrected chi connectivity index (χ2v) is 9.43. The number of imidazole rings is 1. The Bertz CT molecular complexity index is 1710. The van der Waals surface area contributed by atoms with Crippen LogP contribution in [0.3, 0.4) is 0 Å². The Morgan fingerprint density at radius 3 is 2.18 bits per heavy atom. The van der Waals surface area contributed by atoms with Gasteiger partial charge in [0, 0.05) is 42.0 Å². The summed E-state index contributed by atoms with van der Waals surface area (Å²) in [6.45, 7) is 4.22. The zero-order valence-corrected chi connectivity index (χ0v) is 21.9. The molecule has 0 saturated carbocycles. The fraction of sp³-hybridized carbons (Fsp3) is 0.0909. The van der Waals surface area contributed by atoms with Crippen LogP contribution in [0.15, 0.2) is 122 Å². The van der Waals surface area contributed by atoms with Crippen LogP contribution in [0.5, 0.6) is 0 Å². The highest BCUT2D eigenvalue weighted by Gasteiger charge is 2.17. The van der Waals surface area contributed by atoms with Crippen molar-refractivity contribution in [3.05, 3.63) is 133 Å². The first kappa shape index (κ1) is 24.2. The van der Waals surface area contributed by atoms with E-state index in [4.69, 9.17) is 15.0 Å². The van der Waals surface area contributed by atoms with Crippen LogP contribution in [0.25, 0.3) is 39.6 Å². The number of pyridine rings is 1. The average molecular weight is 509 g/mol. The summed E-state index contributed by atoms with van der Waals surface area (Å²) < 4.78 is 2.03. The molecule has 6 heteroatoms. The SMILES string of the molecule is Cc1ccccc1-c1cc(-n2ccnc2-c2ccccc2-c2ccncc2)nc(N[C@@H](C)c2ccccc2)n1. The molecular weight excluding hydrogens is 480 g/mol. The minimum Gasteiger partial charge on any atom is -0.348 e. The van der Waals surface area contributed by atoms with Gasteiger partial charge in [0.2, 0.25) is 5.95 Å². The quantitative estimate of drug-likeness (QED) is 0.241. The van der Waals surface area contributed by atoms with Crippen molar-refractivity contribution in [3.63, 3.8) is 0 Å². The van der Waals surface area contributed by atoms with Crippen molar-refractivity contribution in [3.8, 4) is 39.6 Å². The van der Waals surface area contributed by atoms with E-state index in [1.165, 1.54) is 5.56 Å². The highest BCUT2D eigenvalue weighted by Crippen LogP contribution is 2.33. The van der Waals surface area contributed by atoms with Crippen LogP contribution in [0.1, 0.15) is 24.1 Å². The van der Waals surface area contributed by atoms with Gasteiger partial charge in [-0.3, -0.25) is 9.55 Å². The van der Waals surface area contributed by atoms with Crippen LogP contribution in [0, 0.1) is 6.92 Å². The molecule has 6 aromatic rings.